The molecule has 0 aliphatic carbocycles. The lowest BCUT2D eigenvalue weighted by Crippen LogP contribution is -2.30. The molecule has 0 amide bonds. The van der Waals surface area contributed by atoms with Crippen LogP contribution in [0.4, 0.5) is 0 Å². The maximum atomic E-state index is 12.6. The van der Waals surface area contributed by atoms with Gasteiger partial charge in [-0.05, 0) is 19.3 Å². The van der Waals surface area contributed by atoms with Gasteiger partial charge in [0.1, 0.15) is 13.2 Å². The SMILES string of the molecule is CCCCCCCCCCCCCCCCC(=O)O[C@@H](COC(=O)CCCCCCC)COC(=O)CCCCCCCCCCCCC. The molecule has 0 radical (unpaired) electrons. The first-order chi connectivity index (χ1) is 23.5. The Balaban J connectivity index is 4.22. The van der Waals surface area contributed by atoms with E-state index in [-0.39, 0.29) is 31.1 Å². The van der Waals surface area contributed by atoms with Gasteiger partial charge in [0.05, 0.1) is 0 Å². The summed E-state index contributed by atoms with van der Waals surface area (Å²) in [5.74, 6) is -0.871. The van der Waals surface area contributed by atoms with Crippen LogP contribution in [0.2, 0.25) is 0 Å². The molecule has 0 aromatic heterocycles. The van der Waals surface area contributed by atoms with E-state index in [1.54, 1.807) is 0 Å². The molecule has 48 heavy (non-hydrogen) atoms. The van der Waals surface area contributed by atoms with E-state index in [2.05, 4.69) is 20.8 Å². The highest BCUT2D eigenvalue weighted by molar-refractivity contribution is 5.71. The molecule has 0 rings (SSSR count). The van der Waals surface area contributed by atoms with E-state index in [9.17, 15) is 14.4 Å². The fourth-order valence-electron chi connectivity index (χ4n) is 6.15. The van der Waals surface area contributed by atoms with Crippen LogP contribution < -0.4 is 0 Å². The third kappa shape index (κ3) is 35.7. The van der Waals surface area contributed by atoms with Gasteiger partial charge in [0.2, 0.25) is 0 Å². The number of rotatable bonds is 38. The summed E-state index contributed by atoms with van der Waals surface area (Å²) in [5, 5.41) is 0. The van der Waals surface area contributed by atoms with Crippen molar-refractivity contribution < 1.29 is 28.6 Å². The summed E-state index contributed by atoms with van der Waals surface area (Å²) >= 11 is 0. The van der Waals surface area contributed by atoms with E-state index in [0.717, 1.165) is 64.2 Å². The first-order valence-electron chi connectivity index (χ1n) is 21.0. The fourth-order valence-corrected chi connectivity index (χ4v) is 6.15. The molecule has 0 spiro atoms. The van der Waals surface area contributed by atoms with Crippen molar-refractivity contribution >= 4 is 17.9 Å². The Kier molecular flexibility index (Phi) is 36.9. The van der Waals surface area contributed by atoms with Crippen LogP contribution in [-0.2, 0) is 28.6 Å². The van der Waals surface area contributed by atoms with Gasteiger partial charge in [-0.15, -0.1) is 0 Å². The summed E-state index contributed by atoms with van der Waals surface area (Å²) in [6, 6.07) is 0. The molecule has 0 aromatic rings. The molecule has 0 saturated heterocycles. The zero-order valence-electron chi connectivity index (χ0n) is 32.3. The van der Waals surface area contributed by atoms with Crippen LogP contribution in [0.5, 0.6) is 0 Å². The highest BCUT2D eigenvalue weighted by atomic mass is 16.6. The van der Waals surface area contributed by atoms with Crippen LogP contribution in [0, 0.1) is 0 Å². The predicted octanol–water partition coefficient (Wildman–Crippen LogP) is 12.9. The Labute approximate surface area is 298 Å². The second-order valence-corrected chi connectivity index (χ2v) is 14.3. The lowest BCUT2D eigenvalue weighted by Gasteiger charge is -2.18. The molecule has 6 nitrogen and oxygen atoms in total. The summed E-state index contributed by atoms with van der Waals surface area (Å²) in [4.78, 5) is 37.3. The molecule has 6 heteroatoms. The smallest absolute Gasteiger partial charge is 0.306 e. The van der Waals surface area contributed by atoms with E-state index < -0.39 is 6.10 Å². The van der Waals surface area contributed by atoms with Gasteiger partial charge in [-0.1, -0.05) is 194 Å². The van der Waals surface area contributed by atoms with E-state index in [0.29, 0.717) is 19.3 Å². The summed E-state index contributed by atoms with van der Waals surface area (Å²) in [6.45, 7) is 6.55. The van der Waals surface area contributed by atoms with Crippen LogP contribution in [0.3, 0.4) is 0 Å². The standard InChI is InChI=1S/C42H80O6/c1-4-7-10-13-15-17-19-20-21-23-25-27-30-33-36-42(45)48-39(37-46-40(43)34-31-28-12-9-6-3)38-47-41(44)35-32-29-26-24-22-18-16-14-11-8-5-2/h39H,4-38H2,1-3H3/t39-/m0/s1. The Bertz CT molecular complexity index is 708. The van der Waals surface area contributed by atoms with Gasteiger partial charge < -0.3 is 14.2 Å². The van der Waals surface area contributed by atoms with Crippen molar-refractivity contribution in [3.8, 4) is 0 Å². The van der Waals surface area contributed by atoms with Gasteiger partial charge in [-0.25, -0.2) is 0 Å². The third-order valence-electron chi connectivity index (χ3n) is 9.36. The Morgan fingerprint density at radius 1 is 0.333 bits per heavy atom. The van der Waals surface area contributed by atoms with Crippen molar-refractivity contribution in [3.05, 3.63) is 0 Å². The average Bonchev–Trinajstić information content (AvgIpc) is 3.08. The molecule has 0 bridgehead atoms. The zero-order valence-corrected chi connectivity index (χ0v) is 32.3. The van der Waals surface area contributed by atoms with Crippen LogP contribution in [0.15, 0.2) is 0 Å². The monoisotopic (exact) mass is 681 g/mol. The first-order valence-corrected chi connectivity index (χ1v) is 21.0. The average molecular weight is 681 g/mol. The highest BCUT2D eigenvalue weighted by Gasteiger charge is 2.19. The van der Waals surface area contributed by atoms with Gasteiger partial charge in [0.25, 0.3) is 0 Å². The molecule has 0 aromatic carbocycles. The highest BCUT2D eigenvalue weighted by Crippen LogP contribution is 2.15. The van der Waals surface area contributed by atoms with Gasteiger partial charge in [-0.2, -0.15) is 0 Å². The Morgan fingerprint density at radius 3 is 0.833 bits per heavy atom. The molecular weight excluding hydrogens is 600 g/mol. The zero-order chi connectivity index (χ0) is 35.2. The van der Waals surface area contributed by atoms with Crippen molar-refractivity contribution in [1.29, 1.82) is 0 Å². The van der Waals surface area contributed by atoms with E-state index in [1.165, 1.54) is 128 Å². The molecular formula is C42H80O6. The maximum Gasteiger partial charge on any atom is 0.306 e. The summed E-state index contributed by atoms with van der Waals surface area (Å²) in [6.07, 6.45) is 36.8. The largest absolute Gasteiger partial charge is 0.462 e. The number of carbonyl (C=O) groups is 3. The van der Waals surface area contributed by atoms with Crippen molar-refractivity contribution in [2.24, 2.45) is 0 Å². The molecule has 1 atom stereocenters. The molecule has 0 unspecified atom stereocenters. The second kappa shape index (κ2) is 38.2. The fraction of sp³-hybridized carbons (Fsp3) is 0.929. The normalized spacial score (nSPS) is 11.8. The van der Waals surface area contributed by atoms with Crippen molar-refractivity contribution in [2.45, 2.75) is 239 Å². The molecule has 0 saturated carbocycles. The number of carbonyl (C=O) groups excluding carboxylic acids is 3. The minimum atomic E-state index is -0.755. The molecule has 0 aliphatic heterocycles. The van der Waals surface area contributed by atoms with Crippen LogP contribution in [0.1, 0.15) is 233 Å². The molecule has 0 aliphatic rings. The molecule has 284 valence electrons. The van der Waals surface area contributed by atoms with Gasteiger partial charge in [0.15, 0.2) is 6.10 Å². The van der Waals surface area contributed by atoms with Crippen LogP contribution in [-0.4, -0.2) is 37.2 Å². The number of unbranched alkanes of at least 4 members (excludes halogenated alkanes) is 27. The lowest BCUT2D eigenvalue weighted by molar-refractivity contribution is -0.167. The molecule has 0 N–H and O–H groups in total. The third-order valence-corrected chi connectivity index (χ3v) is 9.36. The summed E-state index contributed by atoms with van der Waals surface area (Å²) in [5.41, 5.74) is 0. The quantitative estimate of drug-likeness (QED) is 0.0367. The molecule has 0 fully saturated rings. The van der Waals surface area contributed by atoms with E-state index >= 15 is 0 Å². The van der Waals surface area contributed by atoms with Gasteiger partial charge in [0, 0.05) is 19.3 Å². The number of esters is 3. The maximum absolute atomic E-state index is 12.6. The number of ether oxygens (including phenoxy) is 3. The summed E-state index contributed by atoms with van der Waals surface area (Å²) in [7, 11) is 0. The Morgan fingerprint density at radius 2 is 0.562 bits per heavy atom. The molecule has 0 heterocycles. The summed E-state index contributed by atoms with van der Waals surface area (Å²) < 4.78 is 16.6. The van der Waals surface area contributed by atoms with E-state index in [1.807, 2.05) is 0 Å². The van der Waals surface area contributed by atoms with Gasteiger partial charge in [-0.3, -0.25) is 14.4 Å². The second-order valence-electron chi connectivity index (χ2n) is 14.3. The number of hydrogen-bond acceptors (Lipinski definition) is 6. The lowest BCUT2D eigenvalue weighted by atomic mass is 10.0. The van der Waals surface area contributed by atoms with Crippen LogP contribution >= 0.6 is 0 Å². The van der Waals surface area contributed by atoms with Crippen molar-refractivity contribution in [2.75, 3.05) is 13.2 Å². The van der Waals surface area contributed by atoms with Crippen molar-refractivity contribution in [1.82, 2.24) is 0 Å². The first kappa shape index (κ1) is 46.4. The minimum Gasteiger partial charge on any atom is -0.462 e. The van der Waals surface area contributed by atoms with Crippen molar-refractivity contribution in [3.63, 3.8) is 0 Å². The van der Waals surface area contributed by atoms with E-state index in [4.69, 9.17) is 14.2 Å². The number of hydrogen-bond donors (Lipinski definition) is 0. The minimum absolute atomic E-state index is 0.0644. The predicted molar refractivity (Wildman–Crippen MR) is 201 cm³/mol. The topological polar surface area (TPSA) is 78.9 Å². The van der Waals surface area contributed by atoms with Gasteiger partial charge >= 0.3 is 17.9 Å². The van der Waals surface area contributed by atoms with Crippen LogP contribution in [0.25, 0.3) is 0 Å². The Hall–Kier alpha value is -1.59.